The van der Waals surface area contributed by atoms with Crippen LogP contribution in [-0.2, 0) is 0 Å². The van der Waals surface area contributed by atoms with Crippen molar-refractivity contribution in [1.29, 1.82) is 0 Å². The number of hydrogen-bond acceptors (Lipinski definition) is 2. The van der Waals surface area contributed by atoms with Crippen molar-refractivity contribution in [3.8, 4) is 0 Å². The molecule has 0 aromatic rings. The van der Waals surface area contributed by atoms with Crippen molar-refractivity contribution in [2.24, 2.45) is 11.5 Å². The van der Waals surface area contributed by atoms with Crippen molar-refractivity contribution in [1.82, 2.24) is 0 Å². The second-order valence-electron chi connectivity index (χ2n) is 4.46. The Morgan fingerprint density at radius 1 is 0.857 bits per heavy atom. The van der Waals surface area contributed by atoms with Gasteiger partial charge in [-0.15, -0.1) is 0 Å². The molecular formula is C12H28N2. The Balaban J connectivity index is 3.71. The van der Waals surface area contributed by atoms with Gasteiger partial charge in [0.2, 0.25) is 0 Å². The molecule has 0 aliphatic rings. The van der Waals surface area contributed by atoms with Crippen LogP contribution in [0.3, 0.4) is 0 Å². The van der Waals surface area contributed by atoms with Gasteiger partial charge in [0.25, 0.3) is 0 Å². The summed E-state index contributed by atoms with van der Waals surface area (Å²) in [6.07, 6.45) is 9.55. The molecule has 0 fully saturated rings. The molecule has 0 bridgehead atoms. The lowest BCUT2D eigenvalue weighted by Crippen LogP contribution is -2.39. The smallest absolute Gasteiger partial charge is 0.0154 e. The normalized spacial score (nSPS) is 12.0. The van der Waals surface area contributed by atoms with Crippen LogP contribution in [0.25, 0.3) is 0 Å². The van der Waals surface area contributed by atoms with E-state index in [2.05, 4.69) is 13.8 Å². The van der Waals surface area contributed by atoms with Gasteiger partial charge < -0.3 is 11.5 Å². The van der Waals surface area contributed by atoms with Crippen LogP contribution < -0.4 is 11.5 Å². The second kappa shape index (κ2) is 8.25. The molecule has 0 rings (SSSR count). The summed E-state index contributed by atoms with van der Waals surface area (Å²) in [5.41, 5.74) is 11.9. The van der Waals surface area contributed by atoms with E-state index in [1.54, 1.807) is 0 Å². The summed E-state index contributed by atoms with van der Waals surface area (Å²) in [7, 11) is 0. The van der Waals surface area contributed by atoms with Gasteiger partial charge in [-0.2, -0.15) is 0 Å². The van der Waals surface area contributed by atoms with Crippen LogP contribution in [0.1, 0.15) is 65.2 Å². The molecule has 0 atom stereocenters. The van der Waals surface area contributed by atoms with E-state index in [9.17, 15) is 0 Å². The van der Waals surface area contributed by atoms with Crippen molar-refractivity contribution in [3.05, 3.63) is 0 Å². The van der Waals surface area contributed by atoms with Crippen LogP contribution in [0.5, 0.6) is 0 Å². The average Bonchev–Trinajstić information content (AvgIpc) is 2.13. The Bertz CT molecular complexity index is 117. The Morgan fingerprint density at radius 2 is 1.43 bits per heavy atom. The van der Waals surface area contributed by atoms with Gasteiger partial charge in [-0.1, -0.05) is 39.5 Å². The van der Waals surface area contributed by atoms with Crippen molar-refractivity contribution in [3.63, 3.8) is 0 Å². The molecule has 86 valence electrons. The Labute approximate surface area is 89.4 Å². The molecule has 2 heteroatoms. The first kappa shape index (κ1) is 13.9. The van der Waals surface area contributed by atoms with E-state index in [1.807, 2.05) is 0 Å². The zero-order valence-electron chi connectivity index (χ0n) is 10.0. The second-order valence-corrected chi connectivity index (χ2v) is 4.46. The fraction of sp³-hybridized carbons (Fsp3) is 1.00. The maximum Gasteiger partial charge on any atom is 0.0154 e. The third-order valence-corrected chi connectivity index (χ3v) is 2.87. The van der Waals surface area contributed by atoms with Crippen LogP contribution >= 0.6 is 0 Å². The highest BCUT2D eigenvalue weighted by atomic mass is 14.7. The quantitative estimate of drug-likeness (QED) is 0.562. The Hall–Kier alpha value is -0.0800. The third-order valence-electron chi connectivity index (χ3n) is 2.87. The molecule has 0 spiro atoms. The van der Waals surface area contributed by atoms with Gasteiger partial charge in [0.1, 0.15) is 0 Å². The lowest BCUT2D eigenvalue weighted by atomic mass is 9.85. The highest BCUT2D eigenvalue weighted by molar-refractivity contribution is 4.82. The molecule has 0 saturated carbocycles. The predicted molar refractivity (Wildman–Crippen MR) is 64.3 cm³/mol. The fourth-order valence-electron chi connectivity index (χ4n) is 2.17. The Morgan fingerprint density at radius 3 is 1.86 bits per heavy atom. The molecule has 0 aliphatic carbocycles. The van der Waals surface area contributed by atoms with Crippen LogP contribution in [0.2, 0.25) is 0 Å². The molecule has 4 N–H and O–H groups in total. The summed E-state index contributed by atoms with van der Waals surface area (Å²) in [5, 5.41) is 0. The topological polar surface area (TPSA) is 52.0 Å². The zero-order chi connectivity index (χ0) is 10.9. The van der Waals surface area contributed by atoms with E-state index < -0.39 is 0 Å². The number of rotatable bonds is 9. The van der Waals surface area contributed by atoms with E-state index in [0.717, 1.165) is 13.0 Å². The van der Waals surface area contributed by atoms with E-state index in [1.165, 1.54) is 44.9 Å². The monoisotopic (exact) mass is 200 g/mol. The maximum absolute atomic E-state index is 6.37. The van der Waals surface area contributed by atoms with Crippen LogP contribution in [0.4, 0.5) is 0 Å². The highest BCUT2D eigenvalue weighted by Gasteiger charge is 2.21. The first-order valence-electron chi connectivity index (χ1n) is 6.17. The molecule has 0 saturated heterocycles. The molecule has 0 unspecified atom stereocenters. The lowest BCUT2D eigenvalue weighted by Gasteiger charge is -2.29. The molecule has 0 aromatic carbocycles. The number of unbranched alkanes of at least 4 members (excludes halogenated alkanes) is 2. The summed E-state index contributed by atoms with van der Waals surface area (Å²) in [6, 6.07) is 0. The summed E-state index contributed by atoms with van der Waals surface area (Å²) in [6.45, 7) is 5.26. The SMILES string of the molecule is CCCC(N)(CCC)CCCCCN. The van der Waals surface area contributed by atoms with Crippen LogP contribution in [0.15, 0.2) is 0 Å². The highest BCUT2D eigenvalue weighted by Crippen LogP contribution is 2.23. The molecule has 0 aliphatic heterocycles. The largest absolute Gasteiger partial charge is 0.330 e. The number of hydrogen-bond donors (Lipinski definition) is 2. The van der Waals surface area contributed by atoms with E-state index in [0.29, 0.717) is 0 Å². The minimum absolute atomic E-state index is 0.109. The average molecular weight is 200 g/mol. The third kappa shape index (κ3) is 6.39. The van der Waals surface area contributed by atoms with Crippen LogP contribution in [-0.4, -0.2) is 12.1 Å². The van der Waals surface area contributed by atoms with E-state index >= 15 is 0 Å². The molecule has 0 heterocycles. The van der Waals surface area contributed by atoms with Crippen molar-refractivity contribution < 1.29 is 0 Å². The summed E-state index contributed by atoms with van der Waals surface area (Å²) < 4.78 is 0. The van der Waals surface area contributed by atoms with Gasteiger partial charge in [0, 0.05) is 5.54 Å². The molecule has 0 radical (unpaired) electrons. The molecule has 14 heavy (non-hydrogen) atoms. The van der Waals surface area contributed by atoms with Crippen molar-refractivity contribution in [2.75, 3.05) is 6.54 Å². The fourth-order valence-corrected chi connectivity index (χ4v) is 2.17. The van der Waals surface area contributed by atoms with E-state index in [4.69, 9.17) is 11.5 Å². The molecule has 0 aromatic heterocycles. The zero-order valence-corrected chi connectivity index (χ0v) is 10.0. The predicted octanol–water partition coefficient (Wildman–Crippen LogP) is 2.80. The van der Waals surface area contributed by atoms with Gasteiger partial charge in [-0.3, -0.25) is 0 Å². The summed E-state index contributed by atoms with van der Waals surface area (Å²) in [5.74, 6) is 0. The number of nitrogens with two attached hydrogens (primary N) is 2. The molecule has 0 amide bonds. The molecule has 2 nitrogen and oxygen atoms in total. The minimum atomic E-state index is 0.109. The van der Waals surface area contributed by atoms with Gasteiger partial charge in [0.15, 0.2) is 0 Å². The van der Waals surface area contributed by atoms with Crippen molar-refractivity contribution >= 4 is 0 Å². The summed E-state index contributed by atoms with van der Waals surface area (Å²) >= 11 is 0. The lowest BCUT2D eigenvalue weighted by molar-refractivity contribution is 0.321. The summed E-state index contributed by atoms with van der Waals surface area (Å²) in [4.78, 5) is 0. The van der Waals surface area contributed by atoms with Gasteiger partial charge in [0.05, 0.1) is 0 Å². The standard InChI is InChI=1S/C12H28N2/c1-3-8-12(14,9-4-2)10-6-5-7-11-13/h3-11,13-14H2,1-2H3. The first-order valence-corrected chi connectivity index (χ1v) is 6.17. The van der Waals surface area contributed by atoms with Gasteiger partial charge in [-0.05, 0) is 32.2 Å². The minimum Gasteiger partial charge on any atom is -0.330 e. The first-order chi connectivity index (χ1) is 6.68. The van der Waals surface area contributed by atoms with Crippen LogP contribution in [0, 0.1) is 0 Å². The van der Waals surface area contributed by atoms with Gasteiger partial charge in [-0.25, -0.2) is 0 Å². The van der Waals surface area contributed by atoms with E-state index in [-0.39, 0.29) is 5.54 Å². The van der Waals surface area contributed by atoms with Gasteiger partial charge >= 0.3 is 0 Å². The Kier molecular flexibility index (Phi) is 8.20. The van der Waals surface area contributed by atoms with Crippen molar-refractivity contribution in [2.45, 2.75) is 70.8 Å². The molecular weight excluding hydrogens is 172 g/mol. The maximum atomic E-state index is 6.37.